The largest absolute Gasteiger partial charge is 0.397 e. The highest BCUT2D eigenvalue weighted by molar-refractivity contribution is 7.80. The smallest absolute Gasteiger partial charge is 0.264 e. The lowest BCUT2D eigenvalue weighted by atomic mass is 10.1. The second-order valence-corrected chi connectivity index (χ2v) is 3.98. The summed E-state index contributed by atoms with van der Waals surface area (Å²) in [6.07, 6.45) is 0.0247. The Morgan fingerprint density at radius 2 is 2.00 bits per heavy atom. The van der Waals surface area contributed by atoms with Crippen LogP contribution in [0.4, 0.5) is 5.69 Å². The Hall–Kier alpha value is -1.51. The van der Waals surface area contributed by atoms with Crippen LogP contribution in [0, 0.1) is 10.1 Å². The first kappa shape index (κ1) is 12.6. The van der Waals surface area contributed by atoms with Crippen molar-refractivity contribution in [2.75, 3.05) is 6.61 Å². The fraction of sp³-hybridized carbons (Fsp3) is 0.250. The molecule has 0 radical (unpaired) electrons. The molecule has 0 saturated heterocycles. The molecule has 1 aromatic carbocycles. The molecule has 1 rings (SSSR count). The van der Waals surface area contributed by atoms with Gasteiger partial charge in [-0.05, 0) is 0 Å². The van der Waals surface area contributed by atoms with Crippen LogP contribution in [0.25, 0.3) is 0 Å². The van der Waals surface area contributed by atoms with Crippen molar-refractivity contribution in [3.63, 3.8) is 0 Å². The number of hydrogen-bond acceptors (Lipinski definition) is 5. The number of para-hydroxylation sites is 1. The maximum Gasteiger partial charge on any atom is 0.397 e. The molecule has 0 aliphatic heterocycles. The molecule has 0 aromatic heterocycles. The van der Waals surface area contributed by atoms with Gasteiger partial charge in [0, 0.05) is 18.1 Å². The highest BCUT2D eigenvalue weighted by atomic mass is 32.3. The fourth-order valence-electron chi connectivity index (χ4n) is 1.16. The molecule has 1 aromatic rings. The Labute approximate surface area is 91.8 Å². The SMILES string of the molecule is O=[N+]([O-])c1ccccc1CCOS(=O)(=O)O. The molecule has 7 nitrogen and oxygen atoms in total. The maximum atomic E-state index is 10.6. The predicted octanol–water partition coefficient (Wildman–Crippen LogP) is 0.957. The van der Waals surface area contributed by atoms with E-state index in [1.165, 1.54) is 18.2 Å². The molecule has 0 aliphatic carbocycles. The molecule has 0 heterocycles. The summed E-state index contributed by atoms with van der Waals surface area (Å²) in [6.45, 7) is -0.344. The molecule has 16 heavy (non-hydrogen) atoms. The normalized spacial score (nSPS) is 11.3. The van der Waals surface area contributed by atoms with Crippen LogP contribution in [0.5, 0.6) is 0 Å². The molecule has 0 spiro atoms. The highest BCUT2D eigenvalue weighted by Crippen LogP contribution is 2.18. The molecular weight excluding hydrogens is 238 g/mol. The summed E-state index contributed by atoms with van der Waals surface area (Å²) in [5.41, 5.74) is 0.234. The summed E-state index contributed by atoms with van der Waals surface area (Å²) in [5.74, 6) is 0. The summed E-state index contributed by atoms with van der Waals surface area (Å²) >= 11 is 0. The van der Waals surface area contributed by atoms with Crippen LogP contribution >= 0.6 is 0 Å². The average Bonchev–Trinajstić information content (AvgIpc) is 2.16. The van der Waals surface area contributed by atoms with Crippen LogP contribution in [0.2, 0.25) is 0 Å². The first-order chi connectivity index (χ1) is 7.40. The van der Waals surface area contributed by atoms with E-state index in [-0.39, 0.29) is 18.7 Å². The number of nitro groups is 1. The van der Waals surface area contributed by atoms with Gasteiger partial charge in [-0.1, -0.05) is 18.2 Å². The number of rotatable bonds is 5. The van der Waals surface area contributed by atoms with Gasteiger partial charge in [-0.15, -0.1) is 0 Å². The minimum Gasteiger partial charge on any atom is -0.264 e. The van der Waals surface area contributed by atoms with Gasteiger partial charge in [0.05, 0.1) is 11.5 Å². The summed E-state index contributed by atoms with van der Waals surface area (Å²) in [6, 6.07) is 5.90. The van der Waals surface area contributed by atoms with Gasteiger partial charge in [-0.2, -0.15) is 8.42 Å². The average molecular weight is 247 g/mol. The van der Waals surface area contributed by atoms with E-state index in [4.69, 9.17) is 4.55 Å². The molecule has 8 heteroatoms. The lowest BCUT2D eigenvalue weighted by Crippen LogP contribution is -2.07. The minimum absolute atomic E-state index is 0.0247. The van der Waals surface area contributed by atoms with Crippen molar-refractivity contribution in [1.82, 2.24) is 0 Å². The topological polar surface area (TPSA) is 107 Å². The van der Waals surface area contributed by atoms with Crippen molar-refractivity contribution in [3.8, 4) is 0 Å². The summed E-state index contributed by atoms with van der Waals surface area (Å²) in [5, 5.41) is 10.6. The second-order valence-electron chi connectivity index (χ2n) is 2.89. The molecule has 88 valence electrons. The Kier molecular flexibility index (Phi) is 3.93. The molecule has 0 fully saturated rings. The summed E-state index contributed by atoms with van der Waals surface area (Å²) < 4.78 is 32.8. The molecule has 0 aliphatic rings. The Morgan fingerprint density at radius 1 is 1.38 bits per heavy atom. The van der Waals surface area contributed by atoms with Crippen LogP contribution < -0.4 is 0 Å². The maximum absolute atomic E-state index is 10.6. The van der Waals surface area contributed by atoms with E-state index in [0.717, 1.165) is 0 Å². The Morgan fingerprint density at radius 3 is 2.56 bits per heavy atom. The van der Waals surface area contributed by atoms with Crippen LogP contribution in [-0.2, 0) is 21.0 Å². The lowest BCUT2D eigenvalue weighted by Gasteiger charge is -2.01. The zero-order chi connectivity index (χ0) is 12.2. The first-order valence-electron chi connectivity index (χ1n) is 4.24. The monoisotopic (exact) mass is 247 g/mol. The van der Waals surface area contributed by atoms with Gasteiger partial charge in [0.1, 0.15) is 0 Å². The van der Waals surface area contributed by atoms with E-state index in [0.29, 0.717) is 5.56 Å². The zero-order valence-electron chi connectivity index (χ0n) is 8.07. The van der Waals surface area contributed by atoms with Crippen molar-refractivity contribution >= 4 is 16.1 Å². The van der Waals surface area contributed by atoms with Crippen molar-refractivity contribution in [2.24, 2.45) is 0 Å². The van der Waals surface area contributed by atoms with E-state index in [1.807, 2.05) is 0 Å². The number of hydrogen-bond donors (Lipinski definition) is 1. The predicted molar refractivity (Wildman–Crippen MR) is 54.3 cm³/mol. The zero-order valence-corrected chi connectivity index (χ0v) is 8.88. The van der Waals surface area contributed by atoms with E-state index < -0.39 is 15.3 Å². The second kappa shape index (κ2) is 5.01. The van der Waals surface area contributed by atoms with Crippen molar-refractivity contribution in [3.05, 3.63) is 39.9 Å². The highest BCUT2D eigenvalue weighted by Gasteiger charge is 2.13. The van der Waals surface area contributed by atoms with Gasteiger partial charge >= 0.3 is 10.4 Å². The van der Waals surface area contributed by atoms with Gasteiger partial charge in [0.2, 0.25) is 0 Å². The van der Waals surface area contributed by atoms with E-state index in [9.17, 15) is 18.5 Å². The van der Waals surface area contributed by atoms with Gasteiger partial charge in [0.15, 0.2) is 0 Å². The van der Waals surface area contributed by atoms with Crippen LogP contribution in [0.3, 0.4) is 0 Å². The van der Waals surface area contributed by atoms with E-state index >= 15 is 0 Å². The molecule has 0 saturated carbocycles. The minimum atomic E-state index is -4.50. The van der Waals surface area contributed by atoms with Crippen LogP contribution in [0.15, 0.2) is 24.3 Å². The summed E-state index contributed by atoms with van der Waals surface area (Å²) in [7, 11) is -4.50. The quantitative estimate of drug-likeness (QED) is 0.471. The van der Waals surface area contributed by atoms with Crippen molar-refractivity contribution in [1.29, 1.82) is 0 Å². The van der Waals surface area contributed by atoms with E-state index in [2.05, 4.69) is 4.18 Å². The lowest BCUT2D eigenvalue weighted by molar-refractivity contribution is -0.385. The number of benzene rings is 1. The van der Waals surface area contributed by atoms with Gasteiger partial charge in [-0.25, -0.2) is 4.18 Å². The van der Waals surface area contributed by atoms with Crippen molar-refractivity contribution < 1.29 is 22.1 Å². The third-order valence-electron chi connectivity index (χ3n) is 1.79. The number of nitrogens with zero attached hydrogens (tertiary/aromatic N) is 1. The molecule has 0 bridgehead atoms. The number of nitro benzene ring substituents is 1. The fourth-order valence-corrected chi connectivity index (χ4v) is 1.45. The van der Waals surface area contributed by atoms with Crippen LogP contribution in [-0.4, -0.2) is 24.5 Å². The van der Waals surface area contributed by atoms with Gasteiger partial charge in [0.25, 0.3) is 5.69 Å². The molecule has 0 atom stereocenters. The summed E-state index contributed by atoms with van der Waals surface area (Å²) in [4.78, 5) is 10.0. The molecular formula is C8H9NO6S. The van der Waals surface area contributed by atoms with Gasteiger partial charge in [-0.3, -0.25) is 14.7 Å². The third kappa shape index (κ3) is 3.93. The standard InChI is InChI=1S/C8H9NO6S/c10-9(11)8-4-2-1-3-7(8)5-6-15-16(12,13)14/h1-4H,5-6H2,(H,12,13,14). The Balaban J connectivity index is 2.71. The van der Waals surface area contributed by atoms with Crippen LogP contribution in [0.1, 0.15) is 5.56 Å². The Bertz CT molecular complexity index is 483. The van der Waals surface area contributed by atoms with Crippen molar-refractivity contribution in [2.45, 2.75) is 6.42 Å². The molecule has 0 amide bonds. The van der Waals surface area contributed by atoms with E-state index in [1.54, 1.807) is 6.07 Å². The molecule has 0 unspecified atom stereocenters. The first-order valence-corrected chi connectivity index (χ1v) is 5.61. The third-order valence-corrected chi connectivity index (χ3v) is 2.26. The molecule has 1 N–H and O–H groups in total. The van der Waals surface area contributed by atoms with Gasteiger partial charge < -0.3 is 0 Å².